The van der Waals surface area contributed by atoms with Crippen LogP contribution in [0.4, 0.5) is 0 Å². The largest absolute Gasteiger partial charge is 0.493 e. The van der Waals surface area contributed by atoms with Gasteiger partial charge in [-0.2, -0.15) is 0 Å². The van der Waals surface area contributed by atoms with Gasteiger partial charge in [-0.15, -0.1) is 0 Å². The smallest absolute Gasteiger partial charge is 0.123 e. The highest BCUT2D eigenvalue weighted by Gasteiger charge is 2.36. The maximum atomic E-state index is 5.80. The molecule has 0 saturated heterocycles. The molecular weight excluding hydrogens is 318 g/mol. The molecule has 0 atom stereocenters. The second-order valence-corrected chi connectivity index (χ2v) is 6.36. The zero-order chi connectivity index (χ0) is 14.4. The van der Waals surface area contributed by atoms with Crippen LogP contribution in [0.5, 0.6) is 5.75 Å². The predicted octanol–water partition coefficient (Wildman–Crippen LogP) is 3.90. The van der Waals surface area contributed by atoms with E-state index >= 15 is 0 Å². The summed E-state index contributed by atoms with van der Waals surface area (Å²) in [6.45, 7) is 4.60. The summed E-state index contributed by atoms with van der Waals surface area (Å²) in [5.41, 5.74) is 1.26. The highest BCUT2D eigenvalue weighted by atomic mass is 79.9. The summed E-state index contributed by atoms with van der Waals surface area (Å²) in [4.78, 5) is 0. The number of halogens is 1. The second-order valence-electron chi connectivity index (χ2n) is 5.44. The van der Waals surface area contributed by atoms with Gasteiger partial charge in [0.2, 0.25) is 0 Å². The van der Waals surface area contributed by atoms with Crippen molar-refractivity contribution in [2.24, 2.45) is 0 Å². The predicted molar refractivity (Wildman–Crippen MR) is 85.2 cm³/mol. The van der Waals surface area contributed by atoms with E-state index in [0.29, 0.717) is 0 Å². The summed E-state index contributed by atoms with van der Waals surface area (Å²) in [6, 6.07) is 6.18. The summed E-state index contributed by atoms with van der Waals surface area (Å²) in [5, 5.41) is 3.51. The van der Waals surface area contributed by atoms with E-state index in [4.69, 9.17) is 9.47 Å². The minimum Gasteiger partial charge on any atom is -0.493 e. The van der Waals surface area contributed by atoms with Crippen LogP contribution >= 0.6 is 15.9 Å². The molecule has 1 fully saturated rings. The van der Waals surface area contributed by atoms with Crippen LogP contribution in [-0.4, -0.2) is 25.9 Å². The van der Waals surface area contributed by atoms with Gasteiger partial charge in [0.1, 0.15) is 5.75 Å². The lowest BCUT2D eigenvalue weighted by atomic mass is 9.80. The van der Waals surface area contributed by atoms with Crippen molar-refractivity contribution in [2.45, 2.75) is 44.8 Å². The Labute approximate surface area is 130 Å². The van der Waals surface area contributed by atoms with Gasteiger partial charge in [-0.05, 0) is 43.9 Å². The molecule has 20 heavy (non-hydrogen) atoms. The Kier molecular flexibility index (Phi) is 5.87. The number of nitrogens with one attached hydrogen (secondary N) is 1. The first-order chi connectivity index (χ1) is 9.69. The summed E-state index contributed by atoms with van der Waals surface area (Å²) >= 11 is 3.53. The Morgan fingerprint density at radius 2 is 2.15 bits per heavy atom. The number of rotatable bonds is 8. The van der Waals surface area contributed by atoms with Crippen LogP contribution in [0, 0.1) is 0 Å². The highest BCUT2D eigenvalue weighted by molar-refractivity contribution is 9.10. The third-order valence-corrected chi connectivity index (χ3v) is 4.44. The minimum absolute atomic E-state index is 0.0659. The molecule has 0 aromatic heterocycles. The lowest BCUT2D eigenvalue weighted by Gasteiger charge is -2.40. The maximum Gasteiger partial charge on any atom is 0.123 e. The molecule has 0 heterocycles. The number of ether oxygens (including phenoxy) is 2. The molecule has 1 aliphatic carbocycles. The van der Waals surface area contributed by atoms with Crippen molar-refractivity contribution in [3.05, 3.63) is 28.2 Å². The second kappa shape index (κ2) is 7.43. The minimum atomic E-state index is 0.0659. The fraction of sp³-hybridized carbons (Fsp3) is 0.625. The Morgan fingerprint density at radius 3 is 2.75 bits per heavy atom. The zero-order valence-electron chi connectivity index (χ0n) is 12.4. The third-order valence-electron chi connectivity index (χ3n) is 3.94. The number of hydrogen-bond acceptors (Lipinski definition) is 3. The molecule has 2 rings (SSSR count). The standard InChI is InChI=1S/C16H24BrNO2/c1-3-9-20-15-6-5-14(17)10-13(15)11-18-12-16(19-2)7-4-8-16/h5-6,10,18H,3-4,7-9,11-12H2,1-2H3. The fourth-order valence-corrected chi connectivity index (χ4v) is 2.90. The van der Waals surface area contributed by atoms with Crippen molar-refractivity contribution in [3.8, 4) is 5.75 Å². The molecule has 1 aliphatic rings. The molecule has 0 radical (unpaired) electrons. The van der Waals surface area contributed by atoms with E-state index in [2.05, 4.69) is 34.2 Å². The summed E-state index contributed by atoms with van der Waals surface area (Å²) in [5.74, 6) is 0.975. The van der Waals surface area contributed by atoms with Crippen molar-refractivity contribution in [1.29, 1.82) is 0 Å². The van der Waals surface area contributed by atoms with Crippen LogP contribution in [0.3, 0.4) is 0 Å². The first kappa shape index (κ1) is 15.8. The molecule has 1 N–H and O–H groups in total. The van der Waals surface area contributed by atoms with E-state index in [-0.39, 0.29) is 5.60 Å². The summed E-state index contributed by atoms with van der Waals surface area (Å²) < 4.78 is 12.5. The number of methoxy groups -OCH3 is 1. The van der Waals surface area contributed by atoms with Crippen LogP contribution in [0.25, 0.3) is 0 Å². The molecule has 4 heteroatoms. The number of hydrogen-bond donors (Lipinski definition) is 1. The van der Waals surface area contributed by atoms with Gasteiger partial charge in [-0.1, -0.05) is 22.9 Å². The SMILES string of the molecule is CCCOc1ccc(Br)cc1CNCC1(OC)CCC1. The molecule has 1 aromatic carbocycles. The Balaban J connectivity index is 1.92. The Morgan fingerprint density at radius 1 is 1.35 bits per heavy atom. The average Bonchev–Trinajstić information content (AvgIpc) is 2.41. The number of benzene rings is 1. The molecule has 0 spiro atoms. The monoisotopic (exact) mass is 341 g/mol. The van der Waals surface area contributed by atoms with Crippen LogP contribution in [0.15, 0.2) is 22.7 Å². The van der Waals surface area contributed by atoms with Crippen molar-refractivity contribution >= 4 is 15.9 Å². The molecule has 0 unspecified atom stereocenters. The van der Waals surface area contributed by atoms with Gasteiger partial charge in [0.05, 0.1) is 12.2 Å². The Hall–Kier alpha value is -0.580. The lowest BCUT2D eigenvalue weighted by molar-refractivity contribution is -0.0695. The van der Waals surface area contributed by atoms with E-state index in [1.54, 1.807) is 0 Å². The van der Waals surface area contributed by atoms with Crippen LogP contribution in [0.1, 0.15) is 38.2 Å². The van der Waals surface area contributed by atoms with Crippen molar-refractivity contribution in [1.82, 2.24) is 5.32 Å². The van der Waals surface area contributed by atoms with Gasteiger partial charge in [0.15, 0.2) is 0 Å². The molecule has 112 valence electrons. The lowest BCUT2D eigenvalue weighted by Crippen LogP contribution is -2.47. The molecule has 3 nitrogen and oxygen atoms in total. The summed E-state index contributed by atoms with van der Waals surface area (Å²) in [6.07, 6.45) is 4.62. The van der Waals surface area contributed by atoms with E-state index in [0.717, 1.165) is 49.2 Å². The molecule has 1 saturated carbocycles. The van der Waals surface area contributed by atoms with Crippen LogP contribution in [0.2, 0.25) is 0 Å². The first-order valence-electron chi connectivity index (χ1n) is 7.36. The Bertz CT molecular complexity index is 427. The molecule has 0 amide bonds. The molecule has 0 aliphatic heterocycles. The van der Waals surface area contributed by atoms with E-state index in [1.807, 2.05) is 19.2 Å². The van der Waals surface area contributed by atoms with E-state index in [9.17, 15) is 0 Å². The van der Waals surface area contributed by atoms with Crippen molar-refractivity contribution in [3.63, 3.8) is 0 Å². The van der Waals surface area contributed by atoms with E-state index < -0.39 is 0 Å². The molecule has 0 bridgehead atoms. The topological polar surface area (TPSA) is 30.5 Å². The molecular formula is C16H24BrNO2. The van der Waals surface area contributed by atoms with Gasteiger partial charge < -0.3 is 14.8 Å². The maximum absolute atomic E-state index is 5.80. The normalized spacial score (nSPS) is 16.8. The van der Waals surface area contributed by atoms with Gasteiger partial charge in [-0.25, -0.2) is 0 Å². The quantitative estimate of drug-likeness (QED) is 0.777. The van der Waals surface area contributed by atoms with Crippen LogP contribution in [-0.2, 0) is 11.3 Å². The van der Waals surface area contributed by atoms with Gasteiger partial charge in [0.25, 0.3) is 0 Å². The van der Waals surface area contributed by atoms with Gasteiger partial charge >= 0.3 is 0 Å². The third kappa shape index (κ3) is 3.96. The van der Waals surface area contributed by atoms with E-state index in [1.165, 1.54) is 12.0 Å². The highest BCUT2D eigenvalue weighted by Crippen LogP contribution is 2.34. The fourth-order valence-electron chi connectivity index (χ4n) is 2.49. The average molecular weight is 342 g/mol. The van der Waals surface area contributed by atoms with Crippen molar-refractivity contribution in [2.75, 3.05) is 20.3 Å². The van der Waals surface area contributed by atoms with Crippen molar-refractivity contribution < 1.29 is 9.47 Å². The van der Waals surface area contributed by atoms with Gasteiger partial charge in [0, 0.05) is 30.2 Å². The summed E-state index contributed by atoms with van der Waals surface area (Å²) in [7, 11) is 1.82. The molecule has 1 aromatic rings. The zero-order valence-corrected chi connectivity index (χ0v) is 14.0. The van der Waals surface area contributed by atoms with Gasteiger partial charge in [-0.3, -0.25) is 0 Å². The first-order valence-corrected chi connectivity index (χ1v) is 8.15. The van der Waals surface area contributed by atoms with Crippen LogP contribution < -0.4 is 10.1 Å².